The second-order valence-electron chi connectivity index (χ2n) is 4.68. The van der Waals surface area contributed by atoms with Crippen molar-refractivity contribution in [3.63, 3.8) is 0 Å². The predicted octanol–water partition coefficient (Wildman–Crippen LogP) is 3.07. The van der Waals surface area contributed by atoms with Crippen molar-refractivity contribution in [1.82, 2.24) is 4.98 Å². The van der Waals surface area contributed by atoms with Crippen LogP contribution in [0.15, 0.2) is 36.5 Å². The first-order valence-electron chi connectivity index (χ1n) is 6.32. The number of aromatic nitrogens is 1. The Morgan fingerprint density at radius 3 is 2.75 bits per heavy atom. The van der Waals surface area contributed by atoms with E-state index < -0.39 is 0 Å². The van der Waals surface area contributed by atoms with Gasteiger partial charge in [0.25, 0.3) is 0 Å². The quantitative estimate of drug-likeness (QED) is 0.674. The molecule has 0 aliphatic heterocycles. The Labute approximate surface area is 123 Å². The molecule has 1 aromatic heterocycles. The van der Waals surface area contributed by atoms with Crippen LogP contribution in [0.2, 0.25) is 0 Å². The van der Waals surface area contributed by atoms with Crippen LogP contribution in [0, 0.1) is 5.41 Å². The summed E-state index contributed by atoms with van der Waals surface area (Å²) in [7, 11) is 0. The normalized spacial score (nSPS) is 12.4. The number of fused-ring (bicyclic) bond motifs is 1. The van der Waals surface area contributed by atoms with Crippen LogP contribution >= 0.6 is 12.4 Å². The van der Waals surface area contributed by atoms with Crippen LogP contribution in [0.3, 0.4) is 0 Å². The zero-order chi connectivity index (χ0) is 13.2. The van der Waals surface area contributed by atoms with E-state index in [1.54, 1.807) is 18.3 Å². The van der Waals surface area contributed by atoms with Gasteiger partial charge in [0, 0.05) is 17.8 Å². The fourth-order valence-electron chi connectivity index (χ4n) is 2.37. The van der Waals surface area contributed by atoms with Crippen LogP contribution in [0.1, 0.15) is 23.1 Å². The summed E-state index contributed by atoms with van der Waals surface area (Å²) in [6.45, 7) is 0. The second kappa shape index (κ2) is 5.92. The molecule has 3 N–H and O–H groups in total. The molecular formula is C15H16ClN3O. The number of ether oxygens (including phenoxy) is 1. The number of hydrogen-bond acceptors (Lipinski definition) is 3. The predicted molar refractivity (Wildman–Crippen MR) is 81.0 cm³/mol. The molecule has 0 amide bonds. The van der Waals surface area contributed by atoms with E-state index in [4.69, 9.17) is 15.9 Å². The third-order valence-electron chi connectivity index (χ3n) is 3.34. The Morgan fingerprint density at radius 1 is 1.15 bits per heavy atom. The van der Waals surface area contributed by atoms with E-state index in [9.17, 15) is 0 Å². The lowest BCUT2D eigenvalue weighted by Gasteiger charge is -2.07. The zero-order valence-electron chi connectivity index (χ0n) is 10.9. The van der Waals surface area contributed by atoms with Crippen molar-refractivity contribution in [3.8, 4) is 11.6 Å². The van der Waals surface area contributed by atoms with Gasteiger partial charge in [0.1, 0.15) is 11.6 Å². The number of halogens is 1. The zero-order valence-corrected chi connectivity index (χ0v) is 11.7. The van der Waals surface area contributed by atoms with Gasteiger partial charge in [-0.2, -0.15) is 0 Å². The van der Waals surface area contributed by atoms with Crippen LogP contribution in [0.25, 0.3) is 0 Å². The summed E-state index contributed by atoms with van der Waals surface area (Å²) in [5, 5.41) is 7.41. The molecule has 0 saturated carbocycles. The molecule has 0 fully saturated rings. The number of nitrogen functional groups attached to an aromatic ring is 1. The number of pyridine rings is 1. The first kappa shape index (κ1) is 14.3. The van der Waals surface area contributed by atoms with Gasteiger partial charge in [0.05, 0.1) is 0 Å². The number of nitrogens with zero attached hydrogens (tertiary/aromatic N) is 1. The van der Waals surface area contributed by atoms with Gasteiger partial charge < -0.3 is 10.5 Å². The number of nitrogens with one attached hydrogen (secondary N) is 1. The summed E-state index contributed by atoms with van der Waals surface area (Å²) in [6.07, 6.45) is 5.09. The molecule has 0 radical (unpaired) electrons. The summed E-state index contributed by atoms with van der Waals surface area (Å²) in [6, 6.07) is 9.52. The average Bonchev–Trinajstić information content (AvgIpc) is 2.86. The summed E-state index contributed by atoms with van der Waals surface area (Å²) in [5.41, 5.74) is 8.84. The molecule has 0 atom stereocenters. The molecule has 1 aromatic carbocycles. The smallest absolute Gasteiger partial charge is 0.219 e. The first-order chi connectivity index (χ1) is 9.22. The highest BCUT2D eigenvalue weighted by molar-refractivity contribution is 5.95. The van der Waals surface area contributed by atoms with Gasteiger partial charge in [-0.3, -0.25) is 5.41 Å². The summed E-state index contributed by atoms with van der Waals surface area (Å²) >= 11 is 0. The molecule has 0 spiro atoms. The minimum atomic E-state index is 0. The molecule has 2 aromatic rings. The fraction of sp³-hybridized carbons (Fsp3) is 0.200. The monoisotopic (exact) mass is 289 g/mol. The number of benzene rings is 1. The molecule has 1 aliphatic rings. The highest BCUT2D eigenvalue weighted by atomic mass is 35.5. The maximum absolute atomic E-state index is 7.41. The van der Waals surface area contributed by atoms with Crippen LogP contribution in [-0.2, 0) is 12.8 Å². The van der Waals surface area contributed by atoms with Crippen molar-refractivity contribution in [3.05, 3.63) is 53.2 Å². The van der Waals surface area contributed by atoms with Crippen LogP contribution < -0.4 is 10.5 Å². The van der Waals surface area contributed by atoms with E-state index in [2.05, 4.69) is 17.1 Å². The van der Waals surface area contributed by atoms with Crippen molar-refractivity contribution in [1.29, 1.82) is 5.41 Å². The molecular weight excluding hydrogens is 274 g/mol. The Balaban J connectivity index is 0.00000147. The van der Waals surface area contributed by atoms with E-state index in [1.165, 1.54) is 17.5 Å². The number of rotatable bonds is 3. The first-order valence-corrected chi connectivity index (χ1v) is 6.32. The lowest BCUT2D eigenvalue weighted by molar-refractivity contribution is 0.462. The van der Waals surface area contributed by atoms with E-state index in [0.29, 0.717) is 11.4 Å². The lowest BCUT2D eigenvalue weighted by Crippen LogP contribution is -2.11. The Morgan fingerprint density at radius 2 is 1.95 bits per heavy atom. The SMILES string of the molecule is Cl.N=C(N)c1ccnc(Oc2ccc3c(c2)CCC3)c1. The third kappa shape index (κ3) is 2.91. The van der Waals surface area contributed by atoms with Crippen LogP contribution in [0.4, 0.5) is 0 Å². The van der Waals surface area contributed by atoms with Crippen LogP contribution in [-0.4, -0.2) is 10.8 Å². The third-order valence-corrected chi connectivity index (χ3v) is 3.34. The average molecular weight is 290 g/mol. The van der Waals surface area contributed by atoms with Crippen molar-refractivity contribution >= 4 is 18.2 Å². The summed E-state index contributed by atoms with van der Waals surface area (Å²) < 4.78 is 5.73. The molecule has 104 valence electrons. The highest BCUT2D eigenvalue weighted by Crippen LogP contribution is 2.28. The molecule has 1 aliphatic carbocycles. The minimum absolute atomic E-state index is 0. The molecule has 1 heterocycles. The molecule has 0 bridgehead atoms. The van der Waals surface area contributed by atoms with Crippen molar-refractivity contribution in [2.75, 3.05) is 0 Å². The maximum Gasteiger partial charge on any atom is 0.219 e. The molecule has 0 unspecified atom stereocenters. The lowest BCUT2D eigenvalue weighted by atomic mass is 10.1. The van der Waals surface area contributed by atoms with Gasteiger partial charge in [-0.05, 0) is 48.6 Å². The van der Waals surface area contributed by atoms with Crippen molar-refractivity contribution < 1.29 is 4.74 Å². The topological polar surface area (TPSA) is 72.0 Å². The second-order valence-corrected chi connectivity index (χ2v) is 4.68. The van der Waals surface area contributed by atoms with Gasteiger partial charge in [-0.15, -0.1) is 12.4 Å². The maximum atomic E-state index is 7.41. The van der Waals surface area contributed by atoms with Crippen LogP contribution in [0.5, 0.6) is 11.6 Å². The summed E-state index contributed by atoms with van der Waals surface area (Å²) in [4.78, 5) is 4.14. The minimum Gasteiger partial charge on any atom is -0.439 e. The molecule has 5 heteroatoms. The molecule has 4 nitrogen and oxygen atoms in total. The van der Waals surface area contributed by atoms with Gasteiger partial charge in [-0.1, -0.05) is 6.07 Å². The van der Waals surface area contributed by atoms with E-state index in [-0.39, 0.29) is 18.2 Å². The number of amidine groups is 1. The molecule has 0 saturated heterocycles. The number of nitrogens with two attached hydrogens (primary N) is 1. The van der Waals surface area contributed by atoms with E-state index in [1.807, 2.05) is 6.07 Å². The standard InChI is InChI=1S/C15H15N3O.ClH/c16-15(17)12-6-7-18-14(9-12)19-13-5-4-10-2-1-3-11(10)8-13;/h4-9H,1-3H2,(H3,16,17);1H. The van der Waals surface area contributed by atoms with Gasteiger partial charge in [-0.25, -0.2) is 4.98 Å². The van der Waals surface area contributed by atoms with Gasteiger partial charge in [0.2, 0.25) is 5.88 Å². The largest absolute Gasteiger partial charge is 0.439 e. The fourth-order valence-corrected chi connectivity index (χ4v) is 2.37. The van der Waals surface area contributed by atoms with Gasteiger partial charge in [0.15, 0.2) is 0 Å². The van der Waals surface area contributed by atoms with Crippen molar-refractivity contribution in [2.24, 2.45) is 5.73 Å². The van der Waals surface area contributed by atoms with Crippen molar-refractivity contribution in [2.45, 2.75) is 19.3 Å². The molecule has 20 heavy (non-hydrogen) atoms. The Kier molecular flexibility index (Phi) is 4.25. The number of aryl methyl sites for hydroxylation is 2. The van der Waals surface area contributed by atoms with Gasteiger partial charge >= 0.3 is 0 Å². The molecule has 3 rings (SSSR count). The Hall–Kier alpha value is -2.07. The Bertz CT molecular complexity index is 643. The van der Waals surface area contributed by atoms with E-state index >= 15 is 0 Å². The summed E-state index contributed by atoms with van der Waals surface area (Å²) in [5.74, 6) is 1.26. The highest BCUT2D eigenvalue weighted by Gasteiger charge is 2.11. The van der Waals surface area contributed by atoms with E-state index in [0.717, 1.165) is 18.6 Å². The number of hydrogen-bond donors (Lipinski definition) is 2.